The summed E-state index contributed by atoms with van der Waals surface area (Å²) in [6.07, 6.45) is 0.682. The van der Waals surface area contributed by atoms with E-state index in [4.69, 9.17) is 4.74 Å². The predicted molar refractivity (Wildman–Crippen MR) is 98.5 cm³/mol. The molecule has 0 unspecified atom stereocenters. The lowest BCUT2D eigenvalue weighted by atomic mass is 9.91. The molecule has 0 heterocycles. The number of hydrogen-bond donors (Lipinski definition) is 0. The van der Waals surface area contributed by atoms with Gasteiger partial charge in [-0.25, -0.2) is 13.2 Å². The first-order chi connectivity index (χ1) is 12.1. The molecule has 0 atom stereocenters. The van der Waals surface area contributed by atoms with Gasteiger partial charge in [0, 0.05) is 12.0 Å². The van der Waals surface area contributed by atoms with Gasteiger partial charge >= 0.3 is 5.97 Å². The first-order valence-corrected chi connectivity index (χ1v) is 8.44. The van der Waals surface area contributed by atoms with Gasteiger partial charge in [0.1, 0.15) is 11.6 Å². The average Bonchev–Trinajstić information content (AvgIpc) is 2.56. The van der Waals surface area contributed by atoms with E-state index in [2.05, 4.69) is 6.58 Å². The molecule has 2 nitrogen and oxygen atoms in total. The van der Waals surface area contributed by atoms with E-state index in [0.717, 1.165) is 0 Å². The maximum atomic E-state index is 14.9. The second-order valence-electron chi connectivity index (χ2n) is 6.25. The Bertz CT molecular complexity index is 774. The molecule has 0 saturated carbocycles. The number of aryl methyl sites for hydroxylation is 2. The van der Waals surface area contributed by atoms with Gasteiger partial charge in [0.05, 0.1) is 13.0 Å². The third kappa shape index (κ3) is 5.35. The lowest BCUT2D eigenvalue weighted by Crippen LogP contribution is -2.04. The molecule has 0 fully saturated rings. The van der Waals surface area contributed by atoms with Crippen LogP contribution in [0.15, 0.2) is 35.9 Å². The number of hydrogen-bond acceptors (Lipinski definition) is 2. The first kappa shape index (κ1) is 21.7. The Morgan fingerprint density at radius 3 is 2.35 bits per heavy atom. The molecular formula is C21H25F3O2. The molecule has 0 aliphatic rings. The summed E-state index contributed by atoms with van der Waals surface area (Å²) in [4.78, 5) is 11.4. The summed E-state index contributed by atoms with van der Waals surface area (Å²) in [6, 6.07) is 1.59. The van der Waals surface area contributed by atoms with Crippen molar-refractivity contribution in [2.24, 2.45) is 0 Å². The monoisotopic (exact) mass is 366 g/mol. The van der Waals surface area contributed by atoms with Crippen LogP contribution in [0.4, 0.5) is 13.2 Å². The number of carbonyl (C=O) groups is 1. The van der Waals surface area contributed by atoms with Gasteiger partial charge in [-0.3, -0.25) is 4.79 Å². The fraction of sp³-hybridized carbons (Fsp3) is 0.381. The van der Waals surface area contributed by atoms with Crippen LogP contribution in [-0.2, 0) is 9.53 Å². The van der Waals surface area contributed by atoms with Crippen LogP contribution >= 0.6 is 0 Å². The van der Waals surface area contributed by atoms with Crippen molar-refractivity contribution in [2.75, 3.05) is 6.61 Å². The highest BCUT2D eigenvalue weighted by molar-refractivity contribution is 5.83. The van der Waals surface area contributed by atoms with Crippen molar-refractivity contribution in [3.05, 3.63) is 64.0 Å². The quantitative estimate of drug-likeness (QED) is 0.424. The van der Waals surface area contributed by atoms with E-state index in [1.807, 2.05) is 0 Å². The van der Waals surface area contributed by atoms with Crippen LogP contribution in [0.5, 0.6) is 0 Å². The number of allylic oxidation sites excluding steroid dienone is 5. The zero-order valence-corrected chi connectivity index (χ0v) is 15.9. The Balaban J connectivity index is 3.41. The van der Waals surface area contributed by atoms with E-state index in [1.165, 1.54) is 13.0 Å². The van der Waals surface area contributed by atoms with E-state index >= 15 is 0 Å². The number of esters is 1. The summed E-state index contributed by atoms with van der Waals surface area (Å²) < 4.78 is 48.3. The highest BCUT2D eigenvalue weighted by Crippen LogP contribution is 2.35. The summed E-state index contributed by atoms with van der Waals surface area (Å²) in [5.41, 5.74) is 2.01. The van der Waals surface area contributed by atoms with Gasteiger partial charge in [0.15, 0.2) is 5.83 Å². The largest absolute Gasteiger partial charge is 0.466 e. The van der Waals surface area contributed by atoms with Gasteiger partial charge in [-0.05, 0) is 62.9 Å². The van der Waals surface area contributed by atoms with Crippen LogP contribution in [-0.4, -0.2) is 12.6 Å². The summed E-state index contributed by atoms with van der Waals surface area (Å²) in [7, 11) is 0. The van der Waals surface area contributed by atoms with Crippen LogP contribution in [0.1, 0.15) is 48.9 Å². The standard InChI is InChI=1S/C21H25F3O2/c1-7-26-18(25)9-8-17(22)21(24)16(10-12(2)3)19-13(4)11-14(5)20(23)15(19)6/h10-11H,2,7-9H2,1,3-6H3/b16-10-,21-17+. The van der Waals surface area contributed by atoms with Crippen molar-refractivity contribution < 1.29 is 22.7 Å². The van der Waals surface area contributed by atoms with Gasteiger partial charge in [0.2, 0.25) is 0 Å². The number of carbonyl (C=O) groups excluding carboxylic acids is 1. The summed E-state index contributed by atoms with van der Waals surface area (Å²) in [5, 5.41) is 0. The topological polar surface area (TPSA) is 26.3 Å². The van der Waals surface area contributed by atoms with Crippen LogP contribution in [0.2, 0.25) is 0 Å². The second kappa shape index (κ2) is 9.41. The lowest BCUT2D eigenvalue weighted by Gasteiger charge is -2.16. The minimum absolute atomic E-state index is 0.0761. The summed E-state index contributed by atoms with van der Waals surface area (Å²) in [5.74, 6) is -3.26. The molecular weight excluding hydrogens is 341 g/mol. The molecule has 1 aromatic carbocycles. The van der Waals surface area contributed by atoms with Crippen molar-refractivity contribution in [1.29, 1.82) is 0 Å². The SMILES string of the molecule is C=C(C)/C=C(\C(F)=C(/F)CCC(=O)OCC)c1c(C)cc(C)c(F)c1C. The van der Waals surface area contributed by atoms with Crippen LogP contribution in [0.3, 0.4) is 0 Å². The third-order valence-electron chi connectivity index (χ3n) is 3.87. The maximum absolute atomic E-state index is 14.9. The van der Waals surface area contributed by atoms with Gasteiger partial charge < -0.3 is 4.74 Å². The number of benzene rings is 1. The van der Waals surface area contributed by atoms with E-state index in [0.29, 0.717) is 22.3 Å². The molecule has 0 aliphatic heterocycles. The van der Waals surface area contributed by atoms with Gasteiger partial charge in [-0.2, -0.15) is 0 Å². The van der Waals surface area contributed by atoms with Gasteiger partial charge in [-0.15, -0.1) is 0 Å². The normalized spacial score (nSPS) is 12.7. The molecule has 0 N–H and O–H groups in total. The molecule has 0 amide bonds. The Hall–Kier alpha value is -2.30. The molecule has 0 radical (unpaired) electrons. The molecule has 0 bridgehead atoms. The summed E-state index contributed by atoms with van der Waals surface area (Å²) >= 11 is 0. The smallest absolute Gasteiger partial charge is 0.306 e. The van der Waals surface area contributed by atoms with E-state index in [9.17, 15) is 18.0 Å². The molecule has 0 aliphatic carbocycles. The van der Waals surface area contributed by atoms with Crippen LogP contribution < -0.4 is 0 Å². The zero-order valence-electron chi connectivity index (χ0n) is 15.9. The molecule has 26 heavy (non-hydrogen) atoms. The molecule has 142 valence electrons. The highest BCUT2D eigenvalue weighted by Gasteiger charge is 2.21. The van der Waals surface area contributed by atoms with Crippen molar-refractivity contribution in [3.8, 4) is 0 Å². The fourth-order valence-corrected chi connectivity index (χ4v) is 2.77. The Labute approximate surface area is 153 Å². The van der Waals surface area contributed by atoms with Crippen LogP contribution in [0.25, 0.3) is 5.57 Å². The number of halogens is 3. The molecule has 0 saturated heterocycles. The molecule has 0 spiro atoms. The van der Waals surface area contributed by atoms with Crippen molar-refractivity contribution in [2.45, 2.75) is 47.5 Å². The fourth-order valence-electron chi connectivity index (χ4n) is 2.77. The minimum atomic E-state index is -1.12. The highest BCUT2D eigenvalue weighted by atomic mass is 19.2. The van der Waals surface area contributed by atoms with Crippen molar-refractivity contribution in [3.63, 3.8) is 0 Å². The van der Waals surface area contributed by atoms with Crippen molar-refractivity contribution in [1.82, 2.24) is 0 Å². The van der Waals surface area contributed by atoms with Gasteiger partial charge in [-0.1, -0.05) is 18.2 Å². The molecule has 5 heteroatoms. The molecule has 1 aromatic rings. The van der Waals surface area contributed by atoms with E-state index in [1.54, 1.807) is 33.8 Å². The van der Waals surface area contributed by atoms with Crippen LogP contribution in [0, 0.1) is 26.6 Å². The average molecular weight is 366 g/mol. The zero-order chi connectivity index (χ0) is 20.0. The molecule has 1 rings (SSSR count). The maximum Gasteiger partial charge on any atom is 0.306 e. The predicted octanol–water partition coefficient (Wildman–Crippen LogP) is 6.20. The number of rotatable bonds is 7. The molecule has 0 aromatic heterocycles. The Morgan fingerprint density at radius 1 is 1.19 bits per heavy atom. The Morgan fingerprint density at radius 2 is 1.81 bits per heavy atom. The van der Waals surface area contributed by atoms with Crippen molar-refractivity contribution >= 4 is 11.5 Å². The first-order valence-electron chi connectivity index (χ1n) is 8.44. The number of ether oxygens (including phenoxy) is 1. The van der Waals surface area contributed by atoms with E-state index in [-0.39, 0.29) is 24.2 Å². The summed E-state index contributed by atoms with van der Waals surface area (Å²) in [6.45, 7) is 12.0. The minimum Gasteiger partial charge on any atom is -0.466 e. The Kier molecular flexibility index (Phi) is 7.87. The second-order valence-corrected chi connectivity index (χ2v) is 6.25. The van der Waals surface area contributed by atoms with Gasteiger partial charge in [0.25, 0.3) is 0 Å². The lowest BCUT2D eigenvalue weighted by molar-refractivity contribution is -0.143. The van der Waals surface area contributed by atoms with E-state index < -0.39 is 29.9 Å². The third-order valence-corrected chi connectivity index (χ3v) is 3.87.